The van der Waals surface area contributed by atoms with Gasteiger partial charge in [0.1, 0.15) is 5.82 Å². The number of halogens is 4. The summed E-state index contributed by atoms with van der Waals surface area (Å²) < 4.78 is 50.9. The van der Waals surface area contributed by atoms with Crippen LogP contribution in [0.5, 0.6) is 0 Å². The van der Waals surface area contributed by atoms with Crippen molar-refractivity contribution in [3.8, 4) is 0 Å². The molecule has 0 saturated carbocycles. The van der Waals surface area contributed by atoms with Crippen LogP contribution < -0.4 is 5.32 Å². The Labute approximate surface area is 113 Å². The van der Waals surface area contributed by atoms with Crippen molar-refractivity contribution in [2.24, 2.45) is 0 Å². The molecule has 1 amide bonds. The molecule has 2 rings (SSSR count). The molecule has 1 aromatic rings. The molecule has 0 aliphatic carbocycles. The predicted molar refractivity (Wildman–Crippen MR) is 64.3 cm³/mol. The normalized spacial score (nSPS) is 19.8. The Morgan fingerprint density at radius 1 is 1.35 bits per heavy atom. The highest BCUT2D eigenvalue weighted by Crippen LogP contribution is 2.30. The molecule has 0 bridgehead atoms. The molecule has 0 radical (unpaired) electrons. The van der Waals surface area contributed by atoms with Gasteiger partial charge in [-0.15, -0.1) is 0 Å². The lowest BCUT2D eigenvalue weighted by Gasteiger charge is -2.13. The minimum Gasteiger partial charge on any atom is -0.344 e. The highest BCUT2D eigenvalue weighted by atomic mass is 19.4. The van der Waals surface area contributed by atoms with E-state index in [2.05, 4.69) is 5.32 Å². The molecule has 1 unspecified atom stereocenters. The summed E-state index contributed by atoms with van der Waals surface area (Å²) in [4.78, 5) is 13.2. The lowest BCUT2D eigenvalue weighted by Crippen LogP contribution is -2.36. The van der Waals surface area contributed by atoms with Crippen LogP contribution in [0.15, 0.2) is 18.2 Å². The first-order valence-electron chi connectivity index (χ1n) is 6.12. The van der Waals surface area contributed by atoms with E-state index in [4.69, 9.17) is 0 Å². The maximum atomic E-state index is 13.2. The standard InChI is InChI=1S/C13H14F4N2O/c1-19-3-2-11(12(19)20)18-7-8-4-9(13(15,16)17)6-10(14)5-8/h4-6,11,18H,2-3,7H2,1H3. The van der Waals surface area contributed by atoms with Crippen LogP contribution in [0.3, 0.4) is 0 Å². The zero-order valence-corrected chi connectivity index (χ0v) is 10.8. The molecule has 3 nitrogen and oxygen atoms in total. The third-order valence-electron chi connectivity index (χ3n) is 3.26. The second kappa shape index (κ2) is 5.40. The Morgan fingerprint density at radius 3 is 2.60 bits per heavy atom. The van der Waals surface area contributed by atoms with Gasteiger partial charge in [0.2, 0.25) is 5.91 Å². The van der Waals surface area contributed by atoms with Crippen LogP contribution >= 0.6 is 0 Å². The molecule has 1 fully saturated rings. The van der Waals surface area contributed by atoms with Crippen LogP contribution in [-0.4, -0.2) is 30.4 Å². The number of rotatable bonds is 3. The fourth-order valence-electron chi connectivity index (χ4n) is 2.17. The van der Waals surface area contributed by atoms with Gasteiger partial charge in [-0.2, -0.15) is 13.2 Å². The monoisotopic (exact) mass is 290 g/mol. The van der Waals surface area contributed by atoms with Crippen molar-refractivity contribution < 1.29 is 22.4 Å². The van der Waals surface area contributed by atoms with E-state index in [1.54, 1.807) is 11.9 Å². The van der Waals surface area contributed by atoms with Gasteiger partial charge >= 0.3 is 6.18 Å². The molecular formula is C13H14F4N2O. The van der Waals surface area contributed by atoms with E-state index in [1.165, 1.54) is 0 Å². The van der Waals surface area contributed by atoms with Crippen LogP contribution in [0, 0.1) is 5.82 Å². The average Bonchev–Trinajstić information content (AvgIpc) is 2.66. The minimum absolute atomic E-state index is 0.0189. The number of alkyl halides is 3. The molecule has 1 aliphatic heterocycles. The van der Waals surface area contributed by atoms with Gasteiger partial charge in [0.05, 0.1) is 11.6 Å². The third-order valence-corrected chi connectivity index (χ3v) is 3.26. The lowest BCUT2D eigenvalue weighted by atomic mass is 10.1. The first-order chi connectivity index (χ1) is 9.27. The summed E-state index contributed by atoms with van der Waals surface area (Å²) in [6, 6.07) is 1.96. The van der Waals surface area contributed by atoms with E-state index in [0.717, 1.165) is 12.1 Å². The predicted octanol–water partition coefficient (Wildman–Crippen LogP) is 2.16. The van der Waals surface area contributed by atoms with Gasteiger partial charge in [0.25, 0.3) is 0 Å². The summed E-state index contributed by atoms with van der Waals surface area (Å²) in [5.74, 6) is -1.04. The van der Waals surface area contributed by atoms with Crippen molar-refractivity contribution in [2.75, 3.05) is 13.6 Å². The van der Waals surface area contributed by atoms with Crippen LogP contribution in [-0.2, 0) is 17.5 Å². The maximum absolute atomic E-state index is 13.2. The SMILES string of the molecule is CN1CCC(NCc2cc(F)cc(C(F)(F)F)c2)C1=O. The zero-order chi connectivity index (χ0) is 14.9. The van der Waals surface area contributed by atoms with Crippen molar-refractivity contribution in [1.29, 1.82) is 0 Å². The highest BCUT2D eigenvalue weighted by molar-refractivity contribution is 5.83. The summed E-state index contributed by atoms with van der Waals surface area (Å²) in [6.07, 6.45) is -3.99. The first-order valence-corrected chi connectivity index (χ1v) is 6.12. The van der Waals surface area contributed by atoms with Gasteiger partial charge in [-0.05, 0) is 30.2 Å². The Balaban J connectivity index is 2.07. The maximum Gasteiger partial charge on any atom is 0.416 e. The molecule has 1 atom stereocenters. The Kier molecular flexibility index (Phi) is 3.99. The molecule has 20 heavy (non-hydrogen) atoms. The summed E-state index contributed by atoms with van der Waals surface area (Å²) in [6.45, 7) is 0.624. The third kappa shape index (κ3) is 3.27. The molecule has 1 saturated heterocycles. The van der Waals surface area contributed by atoms with E-state index >= 15 is 0 Å². The number of hydrogen-bond donors (Lipinski definition) is 1. The number of carbonyl (C=O) groups excluding carboxylic acids is 1. The quantitative estimate of drug-likeness (QED) is 0.865. The van der Waals surface area contributed by atoms with Crippen molar-refractivity contribution in [1.82, 2.24) is 10.2 Å². The van der Waals surface area contributed by atoms with Gasteiger partial charge in [0, 0.05) is 20.1 Å². The van der Waals surface area contributed by atoms with Gasteiger partial charge in [-0.1, -0.05) is 0 Å². The molecule has 1 heterocycles. The number of likely N-dealkylation sites (N-methyl/N-ethyl adjacent to an activating group) is 1. The lowest BCUT2D eigenvalue weighted by molar-refractivity contribution is -0.137. The molecule has 0 spiro atoms. The zero-order valence-electron chi connectivity index (χ0n) is 10.8. The molecule has 1 aromatic carbocycles. The largest absolute Gasteiger partial charge is 0.416 e. The molecule has 7 heteroatoms. The molecular weight excluding hydrogens is 276 g/mol. The number of benzene rings is 1. The van der Waals surface area contributed by atoms with E-state index < -0.39 is 23.6 Å². The van der Waals surface area contributed by atoms with Crippen molar-refractivity contribution in [3.05, 3.63) is 35.1 Å². The number of nitrogens with zero attached hydrogens (tertiary/aromatic N) is 1. The second-order valence-corrected chi connectivity index (χ2v) is 4.83. The number of amides is 1. The first kappa shape index (κ1) is 14.8. The summed E-state index contributed by atoms with van der Waals surface area (Å²) in [5, 5.41) is 2.86. The second-order valence-electron chi connectivity index (χ2n) is 4.83. The number of likely N-dealkylation sites (tertiary alicyclic amines) is 1. The summed E-state index contributed by atoms with van der Waals surface area (Å²) in [5.41, 5.74) is -0.858. The molecule has 1 N–H and O–H groups in total. The fraction of sp³-hybridized carbons (Fsp3) is 0.462. The van der Waals surface area contributed by atoms with E-state index in [0.29, 0.717) is 19.0 Å². The Morgan fingerprint density at radius 2 is 2.05 bits per heavy atom. The van der Waals surface area contributed by atoms with Gasteiger partial charge < -0.3 is 10.2 Å². The van der Waals surface area contributed by atoms with Crippen LogP contribution in [0.1, 0.15) is 17.5 Å². The van der Waals surface area contributed by atoms with E-state index in [9.17, 15) is 22.4 Å². The Bertz CT molecular complexity index is 516. The van der Waals surface area contributed by atoms with Crippen LogP contribution in [0.4, 0.5) is 17.6 Å². The van der Waals surface area contributed by atoms with Crippen LogP contribution in [0.25, 0.3) is 0 Å². The highest BCUT2D eigenvalue weighted by Gasteiger charge is 2.32. The minimum atomic E-state index is -4.58. The fourth-order valence-corrected chi connectivity index (χ4v) is 2.17. The number of hydrogen-bond acceptors (Lipinski definition) is 2. The van der Waals surface area contributed by atoms with Gasteiger partial charge in [-0.3, -0.25) is 4.79 Å². The van der Waals surface area contributed by atoms with Gasteiger partial charge in [-0.25, -0.2) is 4.39 Å². The average molecular weight is 290 g/mol. The topological polar surface area (TPSA) is 32.3 Å². The molecule has 0 aromatic heterocycles. The molecule has 110 valence electrons. The van der Waals surface area contributed by atoms with Crippen LogP contribution in [0.2, 0.25) is 0 Å². The van der Waals surface area contributed by atoms with Gasteiger partial charge in [0.15, 0.2) is 0 Å². The number of carbonyl (C=O) groups is 1. The van der Waals surface area contributed by atoms with E-state index in [1.807, 2.05) is 0 Å². The number of nitrogens with one attached hydrogen (secondary N) is 1. The summed E-state index contributed by atoms with van der Waals surface area (Å²) >= 11 is 0. The van der Waals surface area contributed by atoms with Crippen molar-refractivity contribution in [2.45, 2.75) is 25.2 Å². The van der Waals surface area contributed by atoms with Crippen molar-refractivity contribution >= 4 is 5.91 Å². The Hall–Kier alpha value is -1.63. The summed E-state index contributed by atoms with van der Waals surface area (Å²) in [7, 11) is 1.66. The smallest absolute Gasteiger partial charge is 0.344 e. The van der Waals surface area contributed by atoms with Crippen molar-refractivity contribution in [3.63, 3.8) is 0 Å². The molecule has 1 aliphatic rings. The van der Waals surface area contributed by atoms with E-state index in [-0.39, 0.29) is 18.0 Å².